The van der Waals surface area contributed by atoms with Crippen molar-refractivity contribution in [1.29, 1.82) is 0 Å². The van der Waals surface area contributed by atoms with Crippen LogP contribution in [0.4, 0.5) is 10.1 Å². The molecule has 2 atom stereocenters. The molecule has 6 heteroatoms. The normalized spacial score (nSPS) is 14.9. The maximum absolute atomic E-state index is 13.1. The van der Waals surface area contributed by atoms with Gasteiger partial charge in [0.05, 0.1) is 0 Å². The fourth-order valence-corrected chi connectivity index (χ4v) is 2.31. The van der Waals surface area contributed by atoms with Crippen molar-refractivity contribution in [2.75, 3.05) is 11.9 Å². The number of carbonyl (C=O) groups excluding carboxylic acids is 1. The number of aliphatic hydroxyl groups is 1. The van der Waals surface area contributed by atoms with Crippen molar-refractivity contribution in [1.82, 2.24) is 5.32 Å². The summed E-state index contributed by atoms with van der Waals surface area (Å²) in [5, 5.41) is 16.2. The highest BCUT2D eigenvalue weighted by Crippen LogP contribution is 2.22. The van der Waals surface area contributed by atoms with Crippen LogP contribution in [0.25, 0.3) is 0 Å². The molecule has 0 aliphatic rings. The minimum Gasteiger partial charge on any atom is -0.463 e. The number of hydrogen-bond donors (Lipinski definition) is 3. The number of furan rings is 1. The molecule has 0 fully saturated rings. The third-order valence-corrected chi connectivity index (χ3v) is 3.67. The van der Waals surface area contributed by atoms with Gasteiger partial charge in [0.25, 0.3) is 0 Å². The summed E-state index contributed by atoms with van der Waals surface area (Å²) < 4.78 is 18.5. The van der Waals surface area contributed by atoms with Gasteiger partial charge in [0.15, 0.2) is 0 Å². The molecule has 24 heavy (non-hydrogen) atoms. The predicted octanol–water partition coefficient (Wildman–Crippen LogP) is 2.94. The maximum Gasteiger partial charge on any atom is 0.225 e. The Kier molecular flexibility index (Phi) is 5.75. The van der Waals surface area contributed by atoms with Crippen molar-refractivity contribution in [2.24, 2.45) is 0 Å². The van der Waals surface area contributed by atoms with Crippen molar-refractivity contribution >= 4 is 11.6 Å². The Labute approximate surface area is 140 Å². The lowest BCUT2D eigenvalue weighted by molar-refractivity contribution is -0.116. The Bertz CT molecular complexity index is 697. The number of hydrogen-bond acceptors (Lipinski definition) is 4. The van der Waals surface area contributed by atoms with Crippen molar-refractivity contribution in [3.63, 3.8) is 0 Å². The molecule has 2 rings (SSSR count). The van der Waals surface area contributed by atoms with E-state index in [0.29, 0.717) is 11.4 Å². The van der Waals surface area contributed by atoms with Crippen molar-refractivity contribution in [3.8, 4) is 0 Å². The molecule has 0 aliphatic carbocycles. The lowest BCUT2D eigenvalue weighted by Gasteiger charge is -2.24. The smallest absolute Gasteiger partial charge is 0.225 e. The van der Waals surface area contributed by atoms with Gasteiger partial charge in [-0.05, 0) is 51.1 Å². The van der Waals surface area contributed by atoms with Gasteiger partial charge in [0, 0.05) is 24.7 Å². The van der Waals surface area contributed by atoms with Gasteiger partial charge in [-0.25, -0.2) is 4.39 Å². The summed E-state index contributed by atoms with van der Waals surface area (Å²) in [5.74, 6) is 0.578. The molecular formula is C18H23FN2O3. The van der Waals surface area contributed by atoms with E-state index in [-0.39, 0.29) is 24.9 Å². The van der Waals surface area contributed by atoms with Crippen LogP contribution in [0.15, 0.2) is 40.8 Å². The molecule has 0 aliphatic heterocycles. The topological polar surface area (TPSA) is 74.5 Å². The first-order valence-electron chi connectivity index (χ1n) is 7.84. The second kappa shape index (κ2) is 7.59. The zero-order chi connectivity index (χ0) is 17.7. The highest BCUT2D eigenvalue weighted by Gasteiger charge is 2.27. The van der Waals surface area contributed by atoms with Gasteiger partial charge in [-0.1, -0.05) is 6.07 Å². The van der Waals surface area contributed by atoms with E-state index in [1.165, 1.54) is 18.2 Å². The average Bonchev–Trinajstić information content (AvgIpc) is 2.93. The summed E-state index contributed by atoms with van der Waals surface area (Å²) >= 11 is 0. The van der Waals surface area contributed by atoms with Crippen LogP contribution < -0.4 is 10.6 Å². The molecule has 0 saturated heterocycles. The van der Waals surface area contributed by atoms with Crippen LogP contribution in [0.5, 0.6) is 0 Å². The van der Waals surface area contributed by atoms with Crippen LogP contribution in [0.2, 0.25) is 0 Å². The zero-order valence-electron chi connectivity index (χ0n) is 14.1. The Hall–Kier alpha value is -2.18. The summed E-state index contributed by atoms with van der Waals surface area (Å²) in [6.07, 6.45) is 0.198. The highest BCUT2D eigenvalue weighted by molar-refractivity contribution is 5.91. The fourth-order valence-electron chi connectivity index (χ4n) is 2.31. The SMILES string of the molecule is Cc1ccc(C(C)(O)CNC(C)CC(=O)Nc2cccc(F)c2)o1. The summed E-state index contributed by atoms with van der Waals surface area (Å²) in [5.41, 5.74) is -0.744. The quantitative estimate of drug-likeness (QED) is 0.728. The fraction of sp³-hybridized carbons (Fsp3) is 0.389. The van der Waals surface area contributed by atoms with Crippen LogP contribution in [0, 0.1) is 12.7 Å². The number of aryl methyl sites for hydroxylation is 1. The highest BCUT2D eigenvalue weighted by atomic mass is 19.1. The van der Waals surface area contributed by atoms with Crippen molar-refractivity contribution < 1.29 is 18.7 Å². The monoisotopic (exact) mass is 334 g/mol. The third-order valence-electron chi connectivity index (χ3n) is 3.67. The Morgan fingerprint density at radius 2 is 2.12 bits per heavy atom. The van der Waals surface area contributed by atoms with E-state index in [4.69, 9.17) is 4.42 Å². The standard InChI is InChI=1S/C18H23FN2O3/c1-12(9-17(22)21-15-6-4-5-14(19)10-15)20-11-18(3,23)16-8-7-13(2)24-16/h4-8,10,12,20,23H,9,11H2,1-3H3,(H,21,22). The summed E-state index contributed by atoms with van der Waals surface area (Å²) in [4.78, 5) is 12.0. The molecule has 0 spiro atoms. The maximum atomic E-state index is 13.1. The minimum atomic E-state index is -1.17. The van der Waals surface area contributed by atoms with Crippen LogP contribution in [-0.2, 0) is 10.4 Å². The molecule has 2 unspecified atom stereocenters. The van der Waals surface area contributed by atoms with Crippen LogP contribution in [0.1, 0.15) is 31.8 Å². The number of carbonyl (C=O) groups is 1. The number of anilines is 1. The molecule has 0 radical (unpaired) electrons. The van der Waals surface area contributed by atoms with Crippen molar-refractivity contribution in [2.45, 2.75) is 38.8 Å². The number of rotatable bonds is 7. The molecule has 3 N–H and O–H groups in total. The van der Waals surface area contributed by atoms with E-state index in [2.05, 4.69) is 10.6 Å². The second-order valence-corrected chi connectivity index (χ2v) is 6.23. The minimum absolute atomic E-state index is 0.166. The number of halogens is 1. The van der Waals surface area contributed by atoms with Gasteiger partial charge in [0.1, 0.15) is 22.9 Å². The van der Waals surface area contributed by atoms with Gasteiger partial charge >= 0.3 is 0 Å². The van der Waals surface area contributed by atoms with Gasteiger partial charge in [0.2, 0.25) is 5.91 Å². The number of nitrogens with one attached hydrogen (secondary N) is 2. The molecule has 130 valence electrons. The predicted molar refractivity (Wildman–Crippen MR) is 90.1 cm³/mol. The zero-order valence-corrected chi connectivity index (χ0v) is 14.1. The lowest BCUT2D eigenvalue weighted by atomic mass is 10.0. The van der Waals surface area contributed by atoms with Gasteiger partial charge < -0.3 is 20.2 Å². The molecule has 0 saturated carbocycles. The van der Waals surface area contributed by atoms with Gasteiger partial charge in [-0.3, -0.25) is 4.79 Å². The summed E-state index contributed by atoms with van der Waals surface area (Å²) in [6.45, 7) is 5.55. The van der Waals surface area contributed by atoms with E-state index in [0.717, 1.165) is 5.76 Å². The summed E-state index contributed by atoms with van der Waals surface area (Å²) in [7, 11) is 0. The molecule has 2 aromatic rings. The lowest BCUT2D eigenvalue weighted by Crippen LogP contribution is -2.40. The molecular weight excluding hydrogens is 311 g/mol. The first-order chi connectivity index (χ1) is 11.3. The number of benzene rings is 1. The number of amides is 1. The molecule has 1 heterocycles. The van der Waals surface area contributed by atoms with E-state index < -0.39 is 11.4 Å². The summed E-state index contributed by atoms with van der Waals surface area (Å²) in [6, 6.07) is 9.11. The first-order valence-corrected chi connectivity index (χ1v) is 7.84. The first kappa shape index (κ1) is 18.2. The molecule has 1 aromatic heterocycles. The van der Waals surface area contributed by atoms with Gasteiger partial charge in [-0.2, -0.15) is 0 Å². The Morgan fingerprint density at radius 1 is 1.38 bits per heavy atom. The Balaban J connectivity index is 1.82. The van der Waals surface area contributed by atoms with Crippen molar-refractivity contribution in [3.05, 3.63) is 53.7 Å². The van der Waals surface area contributed by atoms with Crippen LogP contribution in [-0.4, -0.2) is 23.6 Å². The molecule has 5 nitrogen and oxygen atoms in total. The molecule has 0 bridgehead atoms. The largest absolute Gasteiger partial charge is 0.463 e. The van der Waals surface area contributed by atoms with E-state index in [9.17, 15) is 14.3 Å². The van der Waals surface area contributed by atoms with Crippen LogP contribution in [0.3, 0.4) is 0 Å². The van der Waals surface area contributed by atoms with E-state index in [1.807, 2.05) is 13.8 Å². The third kappa shape index (κ3) is 5.18. The van der Waals surface area contributed by atoms with Crippen LogP contribution >= 0.6 is 0 Å². The second-order valence-electron chi connectivity index (χ2n) is 6.23. The molecule has 1 amide bonds. The molecule has 1 aromatic carbocycles. The van der Waals surface area contributed by atoms with E-state index >= 15 is 0 Å². The van der Waals surface area contributed by atoms with E-state index in [1.54, 1.807) is 25.1 Å². The van der Waals surface area contributed by atoms with Gasteiger partial charge in [-0.15, -0.1) is 0 Å². The average molecular weight is 334 g/mol. The Morgan fingerprint density at radius 3 is 2.75 bits per heavy atom.